The molecule has 5 rings (SSSR count). The van der Waals surface area contributed by atoms with E-state index in [2.05, 4.69) is 29.4 Å². The maximum Gasteiger partial charge on any atom is 0.469 e. The van der Waals surface area contributed by atoms with Gasteiger partial charge >= 0.3 is 7.82 Å². The third-order valence-electron chi connectivity index (χ3n) is 7.26. The predicted octanol–water partition coefficient (Wildman–Crippen LogP) is 5.33. The topological polar surface area (TPSA) is 165 Å². The predicted molar refractivity (Wildman–Crippen MR) is 167 cm³/mol. The summed E-state index contributed by atoms with van der Waals surface area (Å²) in [4.78, 5) is 38.2. The minimum atomic E-state index is -4.69. The molecule has 11 nitrogen and oxygen atoms in total. The Kier molecular flexibility index (Phi) is 9.29. The maximum absolute atomic E-state index is 13.5. The number of nitrogens with zero attached hydrogens (tertiary/aromatic N) is 4. The van der Waals surface area contributed by atoms with Crippen LogP contribution in [0.4, 0.5) is 5.69 Å². The number of phosphoric ester groups is 1. The van der Waals surface area contributed by atoms with Gasteiger partial charge in [0.05, 0.1) is 18.7 Å². The van der Waals surface area contributed by atoms with E-state index < -0.39 is 13.9 Å². The van der Waals surface area contributed by atoms with Gasteiger partial charge in [0.25, 0.3) is 0 Å². The molecule has 1 atom stereocenters. The zero-order valence-corrected chi connectivity index (χ0v) is 26.3. The number of rotatable bonds is 10. The summed E-state index contributed by atoms with van der Waals surface area (Å²) in [6.07, 6.45) is 1.27. The lowest BCUT2D eigenvalue weighted by molar-refractivity contribution is -0.116. The van der Waals surface area contributed by atoms with Gasteiger partial charge in [0.2, 0.25) is 5.91 Å². The average Bonchev–Trinajstić information content (AvgIpc) is 3.43. The number of aromatic nitrogens is 3. The largest absolute Gasteiger partial charge is 0.469 e. The highest BCUT2D eigenvalue weighted by atomic mass is 35.5. The molecule has 0 fully saturated rings. The van der Waals surface area contributed by atoms with Crippen LogP contribution in [-0.2, 0) is 26.9 Å². The molecule has 14 heteroatoms. The van der Waals surface area contributed by atoms with E-state index in [1.54, 1.807) is 29.5 Å². The SMILES string of the molecule is Cc1sc2c(c1C)C(c1ccc(Cl)cc1)=N[C@@H](CC(=O)Nc1ccc(CCCN)c(COP(=O)(O)O)c1)c1nnc(C)n1-2. The van der Waals surface area contributed by atoms with Crippen molar-refractivity contribution < 1.29 is 23.7 Å². The van der Waals surface area contributed by atoms with Crippen molar-refractivity contribution in [1.82, 2.24) is 14.8 Å². The van der Waals surface area contributed by atoms with Crippen molar-refractivity contribution >= 4 is 48.1 Å². The Morgan fingerprint density at radius 3 is 2.58 bits per heavy atom. The number of hydrogen-bond acceptors (Lipinski definition) is 8. The van der Waals surface area contributed by atoms with E-state index in [1.165, 1.54) is 0 Å². The lowest BCUT2D eigenvalue weighted by Gasteiger charge is -2.15. The Hall–Kier alpha value is -3.22. The highest BCUT2D eigenvalue weighted by molar-refractivity contribution is 7.46. The Morgan fingerprint density at radius 2 is 1.88 bits per heavy atom. The molecule has 2 aromatic carbocycles. The van der Waals surface area contributed by atoms with Gasteiger partial charge in [-0.1, -0.05) is 29.8 Å². The van der Waals surface area contributed by atoms with Crippen LogP contribution in [0.1, 0.15) is 63.2 Å². The number of nitrogens with two attached hydrogens (primary N) is 1. The van der Waals surface area contributed by atoms with Gasteiger partial charge in [0.1, 0.15) is 16.9 Å². The number of phosphoric acid groups is 1. The van der Waals surface area contributed by atoms with Crippen LogP contribution in [0.25, 0.3) is 5.00 Å². The summed E-state index contributed by atoms with van der Waals surface area (Å²) >= 11 is 7.82. The second kappa shape index (κ2) is 12.8. The summed E-state index contributed by atoms with van der Waals surface area (Å²) in [5.41, 5.74) is 11.2. The molecule has 43 heavy (non-hydrogen) atoms. The van der Waals surface area contributed by atoms with Crippen LogP contribution in [0.3, 0.4) is 0 Å². The molecule has 0 unspecified atom stereocenters. The molecule has 4 aromatic rings. The van der Waals surface area contributed by atoms with Crippen LogP contribution in [0, 0.1) is 20.8 Å². The van der Waals surface area contributed by atoms with Crippen molar-refractivity contribution in [2.24, 2.45) is 10.7 Å². The molecular weight excluding hydrogens is 611 g/mol. The Labute approximate surface area is 258 Å². The number of carbonyl (C=O) groups is 1. The van der Waals surface area contributed by atoms with Crippen molar-refractivity contribution in [1.29, 1.82) is 0 Å². The minimum absolute atomic E-state index is 0.0224. The van der Waals surface area contributed by atoms with Gasteiger partial charge in [0, 0.05) is 26.7 Å². The second-order valence-electron chi connectivity index (χ2n) is 10.3. The first-order chi connectivity index (χ1) is 20.4. The number of aliphatic imine (C=N–C) groups is 1. The fraction of sp³-hybridized carbons (Fsp3) is 0.310. The lowest BCUT2D eigenvalue weighted by Crippen LogP contribution is -2.17. The minimum Gasteiger partial charge on any atom is -0.330 e. The number of halogens is 1. The fourth-order valence-electron chi connectivity index (χ4n) is 5.05. The zero-order chi connectivity index (χ0) is 30.9. The number of hydrogen-bond donors (Lipinski definition) is 4. The number of thiophene rings is 1. The number of carbonyl (C=O) groups excluding carboxylic acids is 1. The molecule has 0 saturated carbocycles. The molecule has 1 aliphatic heterocycles. The third-order valence-corrected chi connectivity index (χ3v) is 9.17. The normalized spacial score (nSPS) is 14.6. The van der Waals surface area contributed by atoms with E-state index in [0.717, 1.165) is 37.8 Å². The molecule has 2 aromatic heterocycles. The highest BCUT2D eigenvalue weighted by Crippen LogP contribution is 2.40. The smallest absolute Gasteiger partial charge is 0.330 e. The molecule has 226 valence electrons. The van der Waals surface area contributed by atoms with Crippen LogP contribution in [-0.4, -0.2) is 42.7 Å². The first-order valence-corrected chi connectivity index (χ1v) is 16.4. The molecular formula is C29H32ClN6O5PS. The molecule has 0 spiro atoms. The van der Waals surface area contributed by atoms with Crippen molar-refractivity contribution in [3.8, 4) is 5.00 Å². The second-order valence-corrected chi connectivity index (χ2v) is 13.2. The number of fused-ring (bicyclic) bond motifs is 3. The Morgan fingerprint density at radius 1 is 1.14 bits per heavy atom. The quantitative estimate of drug-likeness (QED) is 0.169. The van der Waals surface area contributed by atoms with Crippen LogP contribution in [0.15, 0.2) is 47.5 Å². The van der Waals surface area contributed by atoms with Crippen LogP contribution in [0.5, 0.6) is 0 Å². The van der Waals surface area contributed by atoms with E-state index in [1.807, 2.05) is 35.8 Å². The van der Waals surface area contributed by atoms with E-state index in [9.17, 15) is 19.1 Å². The molecule has 1 amide bonds. The molecule has 1 aliphatic rings. The van der Waals surface area contributed by atoms with Crippen LogP contribution >= 0.6 is 30.8 Å². The third kappa shape index (κ3) is 6.97. The molecule has 5 N–H and O–H groups in total. The fourth-order valence-corrected chi connectivity index (χ4v) is 6.70. The van der Waals surface area contributed by atoms with Crippen LogP contribution in [0.2, 0.25) is 5.02 Å². The van der Waals surface area contributed by atoms with Crippen molar-refractivity contribution in [3.63, 3.8) is 0 Å². The summed E-state index contributed by atoms with van der Waals surface area (Å²) in [5.74, 6) is 0.941. The number of benzene rings is 2. The summed E-state index contributed by atoms with van der Waals surface area (Å²) < 4.78 is 18.1. The molecule has 0 aliphatic carbocycles. The van der Waals surface area contributed by atoms with Crippen molar-refractivity contribution in [2.45, 2.75) is 52.7 Å². The van der Waals surface area contributed by atoms with Gasteiger partial charge in [-0.3, -0.25) is 18.9 Å². The Bertz CT molecular complexity index is 1750. The maximum atomic E-state index is 13.5. The van der Waals surface area contributed by atoms with Gasteiger partial charge in [-0.15, -0.1) is 21.5 Å². The highest BCUT2D eigenvalue weighted by Gasteiger charge is 2.32. The Balaban J connectivity index is 1.49. The zero-order valence-electron chi connectivity index (χ0n) is 23.9. The molecule has 3 heterocycles. The van der Waals surface area contributed by atoms with Gasteiger partial charge in [0.15, 0.2) is 5.82 Å². The average molecular weight is 643 g/mol. The monoisotopic (exact) mass is 642 g/mol. The molecule has 0 radical (unpaired) electrons. The van der Waals surface area contributed by atoms with Crippen molar-refractivity contribution in [2.75, 3.05) is 11.9 Å². The first-order valence-electron chi connectivity index (χ1n) is 13.6. The van der Waals surface area contributed by atoms with E-state index >= 15 is 0 Å². The number of nitrogens with one attached hydrogen (secondary N) is 1. The van der Waals surface area contributed by atoms with Crippen molar-refractivity contribution in [3.05, 3.63) is 91.8 Å². The van der Waals surface area contributed by atoms with Gasteiger partial charge in [-0.05, 0) is 81.1 Å². The summed E-state index contributed by atoms with van der Waals surface area (Å²) in [6.45, 7) is 6.16. The van der Waals surface area contributed by atoms with Gasteiger partial charge in [-0.25, -0.2) is 4.57 Å². The van der Waals surface area contributed by atoms with Crippen LogP contribution < -0.4 is 11.1 Å². The van der Waals surface area contributed by atoms with E-state index in [0.29, 0.717) is 47.3 Å². The standard InChI is InChI=1S/C29H32ClN6O5PS/c1-16-17(2)43-29-26(16)27(20-6-9-22(30)10-7-20)33-24(28-35-34-18(3)36(28)29)14-25(37)32-23-11-8-19(5-4-12-31)21(13-23)15-41-42(38,39)40/h6-11,13,24H,4-5,12,14-15,31H2,1-3H3,(H,32,37)(H2,38,39,40)/t24-/m0/s1. The number of aryl methyl sites for hydroxylation is 3. The molecule has 0 bridgehead atoms. The summed E-state index contributed by atoms with van der Waals surface area (Å²) in [6, 6.07) is 12.0. The van der Waals surface area contributed by atoms with E-state index in [4.69, 9.17) is 26.9 Å². The van der Waals surface area contributed by atoms with Gasteiger partial charge in [-0.2, -0.15) is 0 Å². The summed E-state index contributed by atoms with van der Waals surface area (Å²) in [7, 11) is -4.69. The lowest BCUT2D eigenvalue weighted by atomic mass is 9.99. The first kappa shape index (κ1) is 31.2. The molecule has 0 saturated heterocycles. The van der Waals surface area contributed by atoms with Gasteiger partial charge < -0.3 is 20.8 Å². The number of anilines is 1. The van der Waals surface area contributed by atoms with E-state index in [-0.39, 0.29) is 18.9 Å². The summed E-state index contributed by atoms with van der Waals surface area (Å²) in [5, 5.41) is 13.3. The number of amides is 1.